The Hall–Kier alpha value is -3.40. The van der Waals surface area contributed by atoms with Gasteiger partial charge in [0, 0.05) is 11.1 Å². The number of rotatable bonds is 4. The Balaban J connectivity index is 1.91. The summed E-state index contributed by atoms with van der Waals surface area (Å²) in [5.74, 6) is -0.328. The maximum absolute atomic E-state index is 13.3. The van der Waals surface area contributed by atoms with E-state index in [0.717, 1.165) is 11.1 Å². The highest BCUT2D eigenvalue weighted by molar-refractivity contribution is 5.77. The number of nitrogens with zero attached hydrogens (tertiary/aromatic N) is 1. The standard InChI is InChI=1S/C22H16FNO2/c23-19-13-11-18(12-14-19)21-20(17-9-5-2-6-10-17)24(22(25)26-21)15-16-7-3-1-4-8-16/h1-14H,15H2. The first-order valence-electron chi connectivity index (χ1n) is 8.31. The van der Waals surface area contributed by atoms with Crippen LogP contribution in [0.3, 0.4) is 0 Å². The molecule has 0 aliphatic rings. The number of oxazole rings is 1. The third-order valence-corrected chi connectivity index (χ3v) is 4.23. The number of aromatic nitrogens is 1. The summed E-state index contributed by atoms with van der Waals surface area (Å²) in [6, 6.07) is 25.3. The van der Waals surface area contributed by atoms with Gasteiger partial charge in [-0.2, -0.15) is 0 Å². The molecule has 128 valence electrons. The molecule has 0 atom stereocenters. The van der Waals surface area contributed by atoms with Crippen LogP contribution in [0.2, 0.25) is 0 Å². The summed E-state index contributed by atoms with van der Waals surface area (Å²) >= 11 is 0. The zero-order valence-corrected chi connectivity index (χ0v) is 13.9. The van der Waals surface area contributed by atoms with E-state index in [1.54, 1.807) is 16.7 Å². The Kier molecular flexibility index (Phi) is 4.23. The van der Waals surface area contributed by atoms with Crippen molar-refractivity contribution in [3.05, 3.63) is 107 Å². The molecule has 3 aromatic carbocycles. The molecule has 0 N–H and O–H groups in total. The molecule has 0 unspecified atom stereocenters. The summed E-state index contributed by atoms with van der Waals surface area (Å²) in [6.07, 6.45) is 0. The molecule has 4 aromatic rings. The zero-order chi connectivity index (χ0) is 17.9. The van der Waals surface area contributed by atoms with Crippen LogP contribution in [0.5, 0.6) is 0 Å². The van der Waals surface area contributed by atoms with Crippen molar-refractivity contribution in [2.75, 3.05) is 0 Å². The highest BCUT2D eigenvalue weighted by Crippen LogP contribution is 2.32. The topological polar surface area (TPSA) is 35.1 Å². The van der Waals surface area contributed by atoms with Gasteiger partial charge in [-0.15, -0.1) is 0 Å². The average Bonchev–Trinajstić information content (AvgIpc) is 3.00. The van der Waals surface area contributed by atoms with Gasteiger partial charge in [-0.05, 0) is 29.8 Å². The molecule has 4 rings (SSSR count). The molecule has 3 nitrogen and oxygen atoms in total. The molecular weight excluding hydrogens is 329 g/mol. The molecule has 0 saturated carbocycles. The number of benzene rings is 3. The van der Waals surface area contributed by atoms with Crippen LogP contribution >= 0.6 is 0 Å². The van der Waals surface area contributed by atoms with Gasteiger partial charge in [-0.25, -0.2) is 9.18 Å². The SMILES string of the molecule is O=c1oc(-c2ccc(F)cc2)c(-c2ccccc2)n1Cc1ccccc1. The molecule has 0 radical (unpaired) electrons. The van der Waals surface area contributed by atoms with Gasteiger partial charge in [0.15, 0.2) is 5.76 Å². The Morgan fingerprint density at radius 3 is 2.04 bits per heavy atom. The monoisotopic (exact) mass is 345 g/mol. The van der Waals surface area contributed by atoms with Gasteiger partial charge in [0.25, 0.3) is 0 Å². The number of halogens is 1. The molecule has 4 heteroatoms. The van der Waals surface area contributed by atoms with E-state index in [1.165, 1.54) is 12.1 Å². The second-order valence-corrected chi connectivity index (χ2v) is 5.99. The molecule has 26 heavy (non-hydrogen) atoms. The molecule has 0 aliphatic heterocycles. The molecule has 1 aromatic heterocycles. The van der Waals surface area contributed by atoms with E-state index in [1.807, 2.05) is 60.7 Å². The molecule has 0 aliphatic carbocycles. The lowest BCUT2D eigenvalue weighted by Crippen LogP contribution is -2.16. The normalized spacial score (nSPS) is 10.8. The largest absolute Gasteiger partial charge is 0.420 e. The Morgan fingerprint density at radius 1 is 0.769 bits per heavy atom. The quantitative estimate of drug-likeness (QED) is 0.524. The molecule has 0 amide bonds. The molecule has 0 bridgehead atoms. The van der Waals surface area contributed by atoms with E-state index in [9.17, 15) is 9.18 Å². The number of hydrogen-bond acceptors (Lipinski definition) is 2. The van der Waals surface area contributed by atoms with Crippen LogP contribution in [0.25, 0.3) is 22.6 Å². The highest BCUT2D eigenvalue weighted by atomic mass is 19.1. The number of hydrogen-bond donors (Lipinski definition) is 0. The van der Waals surface area contributed by atoms with E-state index in [0.29, 0.717) is 23.6 Å². The van der Waals surface area contributed by atoms with Crippen LogP contribution in [-0.4, -0.2) is 4.57 Å². The average molecular weight is 345 g/mol. The smallest absolute Gasteiger partial charge is 0.407 e. The van der Waals surface area contributed by atoms with Crippen molar-refractivity contribution in [1.82, 2.24) is 4.57 Å². The Bertz CT molecular complexity index is 1060. The summed E-state index contributed by atoms with van der Waals surface area (Å²) in [7, 11) is 0. The van der Waals surface area contributed by atoms with Crippen LogP contribution in [-0.2, 0) is 6.54 Å². The van der Waals surface area contributed by atoms with Crippen LogP contribution in [0, 0.1) is 5.82 Å². The fourth-order valence-corrected chi connectivity index (χ4v) is 2.99. The van der Waals surface area contributed by atoms with Gasteiger partial charge >= 0.3 is 5.76 Å². The maximum Gasteiger partial charge on any atom is 0.420 e. The first kappa shape index (κ1) is 16.1. The van der Waals surface area contributed by atoms with E-state index in [-0.39, 0.29) is 5.82 Å². The third kappa shape index (κ3) is 3.09. The molecule has 0 fully saturated rings. The van der Waals surface area contributed by atoms with Crippen molar-refractivity contribution < 1.29 is 8.81 Å². The first-order chi connectivity index (χ1) is 12.7. The summed E-state index contributed by atoms with van der Waals surface area (Å²) in [4.78, 5) is 12.6. The van der Waals surface area contributed by atoms with Crippen molar-refractivity contribution in [1.29, 1.82) is 0 Å². The minimum Gasteiger partial charge on any atom is -0.407 e. The van der Waals surface area contributed by atoms with E-state index in [2.05, 4.69) is 0 Å². The lowest BCUT2D eigenvalue weighted by atomic mass is 10.1. The fourth-order valence-electron chi connectivity index (χ4n) is 2.99. The Labute approximate surface area is 150 Å². The van der Waals surface area contributed by atoms with Crippen molar-refractivity contribution in [2.24, 2.45) is 0 Å². The minimum atomic E-state index is -0.438. The van der Waals surface area contributed by atoms with Gasteiger partial charge in [-0.3, -0.25) is 4.57 Å². The van der Waals surface area contributed by atoms with Crippen molar-refractivity contribution in [2.45, 2.75) is 6.54 Å². The lowest BCUT2D eigenvalue weighted by Gasteiger charge is -2.09. The fraction of sp³-hybridized carbons (Fsp3) is 0.0455. The second-order valence-electron chi connectivity index (χ2n) is 5.99. The minimum absolute atomic E-state index is 0.332. The predicted octanol–water partition coefficient (Wildman–Crippen LogP) is 4.96. The van der Waals surface area contributed by atoms with Gasteiger partial charge in [0.05, 0.1) is 12.2 Å². The molecule has 0 saturated heterocycles. The predicted molar refractivity (Wildman–Crippen MR) is 99.3 cm³/mol. The van der Waals surface area contributed by atoms with E-state index >= 15 is 0 Å². The van der Waals surface area contributed by atoms with Gasteiger partial charge in [0.1, 0.15) is 5.82 Å². The van der Waals surface area contributed by atoms with Gasteiger partial charge < -0.3 is 4.42 Å². The van der Waals surface area contributed by atoms with Crippen LogP contribution in [0.4, 0.5) is 4.39 Å². The van der Waals surface area contributed by atoms with Crippen LogP contribution < -0.4 is 5.76 Å². The molecule has 0 spiro atoms. The first-order valence-corrected chi connectivity index (χ1v) is 8.31. The highest BCUT2D eigenvalue weighted by Gasteiger charge is 2.20. The van der Waals surface area contributed by atoms with Gasteiger partial charge in [-0.1, -0.05) is 60.7 Å². The van der Waals surface area contributed by atoms with Crippen molar-refractivity contribution >= 4 is 0 Å². The summed E-state index contributed by atoms with van der Waals surface area (Å²) in [5.41, 5.74) is 3.21. The van der Waals surface area contributed by atoms with Crippen LogP contribution in [0.1, 0.15) is 5.56 Å². The van der Waals surface area contributed by atoms with Crippen molar-refractivity contribution in [3.63, 3.8) is 0 Å². The maximum atomic E-state index is 13.3. The summed E-state index contributed by atoms with van der Waals surface area (Å²) < 4.78 is 20.5. The third-order valence-electron chi connectivity index (χ3n) is 4.23. The lowest BCUT2D eigenvalue weighted by molar-refractivity contribution is 0.497. The molecular formula is C22H16FNO2. The van der Waals surface area contributed by atoms with E-state index in [4.69, 9.17) is 4.42 Å². The molecule has 1 heterocycles. The van der Waals surface area contributed by atoms with E-state index < -0.39 is 5.76 Å². The second kappa shape index (κ2) is 6.84. The van der Waals surface area contributed by atoms with Crippen LogP contribution in [0.15, 0.2) is 94.1 Å². The summed E-state index contributed by atoms with van der Waals surface area (Å²) in [5, 5.41) is 0. The zero-order valence-electron chi connectivity index (χ0n) is 13.9. The summed E-state index contributed by atoms with van der Waals surface area (Å²) in [6.45, 7) is 0.397. The van der Waals surface area contributed by atoms with Gasteiger partial charge in [0.2, 0.25) is 0 Å². The van der Waals surface area contributed by atoms with Crippen molar-refractivity contribution in [3.8, 4) is 22.6 Å². The Morgan fingerprint density at radius 2 is 1.38 bits per heavy atom.